The van der Waals surface area contributed by atoms with Crippen LogP contribution in [0.2, 0.25) is 0 Å². The van der Waals surface area contributed by atoms with Crippen LogP contribution in [0.5, 0.6) is 0 Å². The van der Waals surface area contributed by atoms with Gasteiger partial charge in [0.25, 0.3) is 0 Å². The van der Waals surface area contributed by atoms with Crippen LogP contribution >= 0.6 is 0 Å². The highest BCUT2D eigenvalue weighted by molar-refractivity contribution is 5.84. The summed E-state index contributed by atoms with van der Waals surface area (Å²) in [6.45, 7) is 3.83. The Labute approximate surface area is 75.1 Å². The fourth-order valence-electron chi connectivity index (χ4n) is 0.690. The van der Waals surface area contributed by atoms with Gasteiger partial charge in [-0.05, 0) is 0 Å². The number of aliphatic carboxylic acids is 1. The summed E-state index contributed by atoms with van der Waals surface area (Å²) < 4.78 is 5.12. The highest BCUT2D eigenvalue weighted by Crippen LogP contribution is 2.12. The third-order valence-electron chi connectivity index (χ3n) is 1.32. The third-order valence-corrected chi connectivity index (χ3v) is 1.32. The smallest absolute Gasteiger partial charge is 0.328 e. The molecule has 0 aromatic carbocycles. The summed E-state index contributed by atoms with van der Waals surface area (Å²) in [5, 5.41) is 15.7. The molecule has 0 saturated heterocycles. The van der Waals surface area contributed by atoms with Crippen LogP contribution in [-0.2, 0) is 4.79 Å². The summed E-state index contributed by atoms with van der Waals surface area (Å²) in [7, 11) is 0. The molecule has 5 nitrogen and oxygen atoms in total. The van der Waals surface area contributed by atoms with Crippen molar-refractivity contribution in [3.63, 3.8) is 0 Å². The molecular weight excluding hydrogens is 172 g/mol. The monoisotopic (exact) mass is 182 g/mol. The predicted molar refractivity (Wildman–Crippen MR) is 45.1 cm³/mol. The zero-order chi connectivity index (χ0) is 9.84. The van der Waals surface area contributed by atoms with Crippen LogP contribution in [0.3, 0.4) is 0 Å². The minimum atomic E-state index is -1.04. The van der Waals surface area contributed by atoms with Crippen LogP contribution in [0.4, 0.5) is 0 Å². The highest BCUT2D eigenvalue weighted by Gasteiger charge is 2.07. The maximum Gasteiger partial charge on any atom is 0.328 e. The van der Waals surface area contributed by atoms with Gasteiger partial charge < -0.3 is 9.52 Å². The maximum atomic E-state index is 10.1. The van der Waals surface area contributed by atoms with E-state index in [1.807, 2.05) is 13.8 Å². The zero-order valence-electron chi connectivity index (χ0n) is 7.39. The SMILES string of the molecule is CC(C)c1nnc(C=CC(=O)O)o1. The molecule has 0 aliphatic rings. The first kappa shape index (κ1) is 9.44. The Hall–Kier alpha value is -1.65. The number of hydrogen-bond acceptors (Lipinski definition) is 4. The second-order valence-corrected chi connectivity index (χ2v) is 2.80. The van der Waals surface area contributed by atoms with Crippen LogP contribution in [0.15, 0.2) is 10.5 Å². The van der Waals surface area contributed by atoms with E-state index < -0.39 is 5.97 Å². The van der Waals surface area contributed by atoms with Crippen molar-refractivity contribution in [3.8, 4) is 0 Å². The molecule has 0 aliphatic heterocycles. The first-order chi connectivity index (χ1) is 6.09. The molecular formula is C8H10N2O3. The van der Waals surface area contributed by atoms with E-state index in [9.17, 15) is 4.79 Å². The molecule has 0 spiro atoms. The Kier molecular flexibility index (Phi) is 2.79. The van der Waals surface area contributed by atoms with E-state index in [2.05, 4.69) is 10.2 Å². The van der Waals surface area contributed by atoms with Crippen LogP contribution < -0.4 is 0 Å². The number of carboxylic acid groups (broad SMARTS) is 1. The molecule has 0 bridgehead atoms. The van der Waals surface area contributed by atoms with Crippen molar-refractivity contribution in [2.75, 3.05) is 0 Å². The van der Waals surface area contributed by atoms with E-state index in [4.69, 9.17) is 9.52 Å². The zero-order valence-corrected chi connectivity index (χ0v) is 7.39. The van der Waals surface area contributed by atoms with Crippen molar-refractivity contribution in [1.82, 2.24) is 10.2 Å². The van der Waals surface area contributed by atoms with Crippen LogP contribution in [-0.4, -0.2) is 21.3 Å². The molecule has 1 aromatic heterocycles. The number of rotatable bonds is 3. The van der Waals surface area contributed by atoms with Crippen molar-refractivity contribution in [2.45, 2.75) is 19.8 Å². The summed E-state index contributed by atoms with van der Waals surface area (Å²) in [5.74, 6) is -0.167. The topological polar surface area (TPSA) is 76.2 Å². The van der Waals surface area contributed by atoms with Crippen LogP contribution in [0, 0.1) is 0 Å². The lowest BCUT2D eigenvalue weighted by Crippen LogP contribution is -1.85. The molecule has 0 fully saturated rings. The van der Waals surface area contributed by atoms with E-state index in [-0.39, 0.29) is 11.8 Å². The minimum absolute atomic E-state index is 0.152. The van der Waals surface area contributed by atoms with Gasteiger partial charge in [0.05, 0.1) is 0 Å². The van der Waals surface area contributed by atoms with E-state index in [1.165, 1.54) is 6.08 Å². The number of carbonyl (C=O) groups is 1. The molecule has 1 aromatic rings. The van der Waals surface area contributed by atoms with Gasteiger partial charge in [0.1, 0.15) is 0 Å². The van der Waals surface area contributed by atoms with Gasteiger partial charge in [-0.1, -0.05) is 13.8 Å². The molecule has 0 unspecified atom stereocenters. The van der Waals surface area contributed by atoms with Gasteiger partial charge in [-0.3, -0.25) is 0 Å². The summed E-state index contributed by atoms with van der Waals surface area (Å²) in [4.78, 5) is 10.1. The van der Waals surface area contributed by atoms with Crippen molar-refractivity contribution < 1.29 is 14.3 Å². The quantitative estimate of drug-likeness (QED) is 0.713. The second kappa shape index (κ2) is 3.84. The molecule has 70 valence electrons. The lowest BCUT2D eigenvalue weighted by molar-refractivity contribution is -0.131. The normalized spacial score (nSPS) is 11.3. The fraction of sp³-hybridized carbons (Fsp3) is 0.375. The maximum absolute atomic E-state index is 10.1. The molecule has 0 aliphatic carbocycles. The van der Waals surface area contributed by atoms with E-state index in [1.54, 1.807) is 0 Å². The minimum Gasteiger partial charge on any atom is -0.478 e. The third kappa shape index (κ3) is 2.70. The molecule has 13 heavy (non-hydrogen) atoms. The molecule has 1 heterocycles. The molecule has 1 N–H and O–H groups in total. The average Bonchev–Trinajstić information content (AvgIpc) is 2.48. The standard InChI is InChI=1S/C8H10N2O3/c1-5(2)8-10-9-6(13-8)3-4-7(11)12/h3-5H,1-2H3,(H,11,12). The Morgan fingerprint density at radius 3 is 2.69 bits per heavy atom. The van der Waals surface area contributed by atoms with E-state index in [0.717, 1.165) is 6.08 Å². The Morgan fingerprint density at radius 2 is 2.23 bits per heavy atom. The van der Waals surface area contributed by atoms with Gasteiger partial charge >= 0.3 is 5.97 Å². The summed E-state index contributed by atoms with van der Waals surface area (Å²) in [6, 6.07) is 0. The lowest BCUT2D eigenvalue weighted by atomic mass is 10.2. The fourth-order valence-corrected chi connectivity index (χ4v) is 0.690. The van der Waals surface area contributed by atoms with Crippen LogP contribution in [0.1, 0.15) is 31.5 Å². The number of aromatic nitrogens is 2. The summed E-state index contributed by atoms with van der Waals surface area (Å²) in [5.41, 5.74) is 0. The number of carboxylic acids is 1. The van der Waals surface area contributed by atoms with Gasteiger partial charge in [0.15, 0.2) is 0 Å². The summed E-state index contributed by atoms with van der Waals surface area (Å²) in [6.07, 6.45) is 2.22. The second-order valence-electron chi connectivity index (χ2n) is 2.80. The van der Waals surface area contributed by atoms with Gasteiger partial charge in [-0.25, -0.2) is 4.79 Å². The van der Waals surface area contributed by atoms with Crippen molar-refractivity contribution in [1.29, 1.82) is 0 Å². The predicted octanol–water partition coefficient (Wildman–Crippen LogP) is 1.29. The molecule has 0 saturated carbocycles. The molecule has 0 radical (unpaired) electrons. The Bertz CT molecular complexity index is 328. The molecule has 0 atom stereocenters. The van der Waals surface area contributed by atoms with Crippen molar-refractivity contribution in [2.24, 2.45) is 0 Å². The van der Waals surface area contributed by atoms with E-state index >= 15 is 0 Å². The molecule has 1 rings (SSSR count). The lowest BCUT2D eigenvalue weighted by Gasteiger charge is -1.92. The molecule has 0 amide bonds. The number of nitrogens with zero attached hydrogens (tertiary/aromatic N) is 2. The van der Waals surface area contributed by atoms with Gasteiger partial charge in [-0.15, -0.1) is 10.2 Å². The first-order valence-corrected chi connectivity index (χ1v) is 3.84. The van der Waals surface area contributed by atoms with E-state index in [0.29, 0.717) is 5.89 Å². The van der Waals surface area contributed by atoms with Crippen molar-refractivity contribution >= 4 is 12.0 Å². The Morgan fingerprint density at radius 1 is 1.54 bits per heavy atom. The van der Waals surface area contributed by atoms with Crippen LogP contribution in [0.25, 0.3) is 6.08 Å². The Balaban J connectivity index is 2.75. The van der Waals surface area contributed by atoms with Gasteiger partial charge in [-0.2, -0.15) is 0 Å². The van der Waals surface area contributed by atoms with Gasteiger partial charge in [0, 0.05) is 18.1 Å². The average molecular weight is 182 g/mol. The molecule has 5 heteroatoms. The first-order valence-electron chi connectivity index (χ1n) is 3.84. The van der Waals surface area contributed by atoms with Crippen molar-refractivity contribution in [3.05, 3.63) is 17.9 Å². The summed E-state index contributed by atoms with van der Waals surface area (Å²) >= 11 is 0. The van der Waals surface area contributed by atoms with Gasteiger partial charge in [0.2, 0.25) is 11.8 Å². The largest absolute Gasteiger partial charge is 0.478 e. The number of hydrogen-bond donors (Lipinski definition) is 1. The highest BCUT2D eigenvalue weighted by atomic mass is 16.4.